The number of nitrogens with zero attached hydrogens (tertiary/aromatic N) is 3. The molecule has 1 fully saturated rings. The second-order valence-corrected chi connectivity index (χ2v) is 9.01. The number of halogens is 2. The number of amides is 2. The molecule has 1 unspecified atom stereocenters. The molecule has 2 aromatic rings. The summed E-state index contributed by atoms with van der Waals surface area (Å²) in [5, 5.41) is 0.625. The third-order valence-corrected chi connectivity index (χ3v) is 6.77. The molecule has 2 aliphatic heterocycles. The normalized spacial score (nSPS) is 17.1. The smallest absolute Gasteiger partial charge is 0.265 e. The van der Waals surface area contributed by atoms with Crippen LogP contribution < -0.4 is 15.1 Å². The maximum atomic E-state index is 13.4. The summed E-state index contributed by atoms with van der Waals surface area (Å²) in [7, 11) is 7.64. The molecular weight excluding hydrogens is 448 g/mol. The molecule has 2 heterocycles. The van der Waals surface area contributed by atoms with E-state index in [0.717, 1.165) is 38.0 Å². The van der Waals surface area contributed by atoms with Gasteiger partial charge in [0.1, 0.15) is 20.1 Å². The van der Waals surface area contributed by atoms with Crippen LogP contribution in [0.25, 0.3) is 0 Å². The Labute approximate surface area is 199 Å². The number of benzene rings is 2. The van der Waals surface area contributed by atoms with E-state index in [2.05, 4.69) is 4.90 Å². The van der Waals surface area contributed by atoms with E-state index in [9.17, 15) is 9.59 Å². The van der Waals surface area contributed by atoms with Crippen molar-refractivity contribution in [2.75, 3.05) is 44.7 Å². The Balaban J connectivity index is 1.57. The lowest BCUT2D eigenvalue weighted by molar-refractivity contribution is -0.133. The molecule has 0 N–H and O–H groups in total. The molecule has 0 aliphatic carbocycles. The van der Waals surface area contributed by atoms with Crippen molar-refractivity contribution < 1.29 is 14.3 Å². The Morgan fingerprint density at radius 3 is 2.50 bits per heavy atom. The molecule has 2 aromatic carbocycles. The Kier molecular flexibility index (Phi) is 6.98. The standard InChI is InChI=1S/C23H24BCl2N3O3/c1-27(20(12-28-8-2-3-9-28)15-4-6-16(24)7-5-15)22(30)13-29-19-10-17(25)18(26)11-21(19)32-14-23(29)31/h4-7,10-11,20H,2-3,8-9,12-14H2,1H3. The van der Waals surface area contributed by atoms with E-state index in [1.54, 1.807) is 24.1 Å². The zero-order valence-electron chi connectivity index (χ0n) is 17.9. The zero-order valence-corrected chi connectivity index (χ0v) is 19.4. The van der Waals surface area contributed by atoms with Crippen LogP contribution in [0.2, 0.25) is 10.0 Å². The number of likely N-dealkylation sites (tertiary alicyclic amines) is 1. The van der Waals surface area contributed by atoms with Crippen molar-refractivity contribution in [3.05, 3.63) is 52.0 Å². The zero-order chi connectivity index (χ0) is 22.8. The van der Waals surface area contributed by atoms with Gasteiger partial charge < -0.3 is 14.5 Å². The monoisotopic (exact) mass is 471 g/mol. The molecule has 2 amide bonds. The van der Waals surface area contributed by atoms with Crippen molar-refractivity contribution in [3.63, 3.8) is 0 Å². The van der Waals surface area contributed by atoms with Gasteiger partial charge in [-0.15, -0.1) is 0 Å². The Bertz CT molecular complexity index is 1010. The Hall–Kier alpha value is -2.22. The number of rotatable bonds is 6. The summed E-state index contributed by atoms with van der Waals surface area (Å²) in [6.45, 7) is 2.48. The fourth-order valence-electron chi connectivity index (χ4n) is 4.17. The summed E-state index contributed by atoms with van der Waals surface area (Å²) >= 11 is 12.2. The van der Waals surface area contributed by atoms with Crippen LogP contribution in [0, 0.1) is 0 Å². The summed E-state index contributed by atoms with van der Waals surface area (Å²) in [5.74, 6) is -0.0545. The van der Waals surface area contributed by atoms with Gasteiger partial charge in [0.2, 0.25) is 5.91 Å². The Morgan fingerprint density at radius 2 is 1.81 bits per heavy atom. The van der Waals surface area contributed by atoms with E-state index >= 15 is 0 Å². The van der Waals surface area contributed by atoms with Crippen molar-refractivity contribution in [2.24, 2.45) is 0 Å². The third kappa shape index (κ3) is 4.90. The second kappa shape index (κ2) is 9.73. The average Bonchev–Trinajstić information content (AvgIpc) is 3.29. The molecule has 6 nitrogen and oxygen atoms in total. The molecule has 166 valence electrons. The van der Waals surface area contributed by atoms with Gasteiger partial charge in [-0.3, -0.25) is 14.5 Å². The SMILES string of the molecule is [B]c1ccc(C(CN2CCCC2)N(C)C(=O)CN2C(=O)COc3cc(Cl)c(Cl)cc32)cc1. The number of hydrogen-bond acceptors (Lipinski definition) is 4. The molecule has 0 aromatic heterocycles. The van der Waals surface area contributed by atoms with Crippen molar-refractivity contribution in [1.29, 1.82) is 0 Å². The first kappa shape index (κ1) is 23.0. The molecule has 0 bridgehead atoms. The third-order valence-electron chi connectivity index (χ3n) is 6.05. The first-order valence-electron chi connectivity index (χ1n) is 10.6. The van der Waals surface area contributed by atoms with Crippen molar-refractivity contribution in [3.8, 4) is 5.75 Å². The quantitative estimate of drug-likeness (QED) is 0.608. The van der Waals surface area contributed by atoms with Gasteiger partial charge >= 0.3 is 0 Å². The van der Waals surface area contributed by atoms with Gasteiger partial charge in [0.05, 0.1) is 21.8 Å². The molecule has 1 saturated heterocycles. The van der Waals surface area contributed by atoms with Crippen molar-refractivity contribution in [2.45, 2.75) is 18.9 Å². The van der Waals surface area contributed by atoms with Crippen LogP contribution in [0.15, 0.2) is 36.4 Å². The first-order valence-corrected chi connectivity index (χ1v) is 11.3. The van der Waals surface area contributed by atoms with Gasteiger partial charge in [-0.2, -0.15) is 0 Å². The number of likely N-dealkylation sites (N-methyl/N-ethyl adjacent to an activating group) is 1. The van der Waals surface area contributed by atoms with E-state index in [4.69, 9.17) is 35.8 Å². The van der Waals surface area contributed by atoms with Crippen LogP contribution in [-0.2, 0) is 9.59 Å². The molecule has 0 spiro atoms. The molecule has 2 radical (unpaired) electrons. The van der Waals surface area contributed by atoms with Crippen LogP contribution >= 0.6 is 23.2 Å². The first-order chi connectivity index (χ1) is 15.3. The highest BCUT2D eigenvalue weighted by Crippen LogP contribution is 2.39. The van der Waals surface area contributed by atoms with E-state index in [0.29, 0.717) is 26.9 Å². The molecule has 2 aliphatic rings. The fraction of sp³-hybridized carbons (Fsp3) is 0.391. The van der Waals surface area contributed by atoms with Crippen molar-refractivity contribution in [1.82, 2.24) is 9.80 Å². The average molecular weight is 472 g/mol. The minimum absolute atomic E-state index is 0.116. The summed E-state index contributed by atoms with van der Waals surface area (Å²) in [6, 6.07) is 10.6. The summed E-state index contributed by atoms with van der Waals surface area (Å²) < 4.78 is 5.48. The highest BCUT2D eigenvalue weighted by molar-refractivity contribution is 6.42. The molecule has 32 heavy (non-hydrogen) atoms. The lowest BCUT2D eigenvalue weighted by atomic mass is 9.93. The highest BCUT2D eigenvalue weighted by Gasteiger charge is 2.32. The van der Waals surface area contributed by atoms with Crippen LogP contribution in [0.5, 0.6) is 5.75 Å². The van der Waals surface area contributed by atoms with E-state index in [1.807, 2.05) is 24.3 Å². The van der Waals surface area contributed by atoms with Gasteiger partial charge in [-0.25, -0.2) is 0 Å². The van der Waals surface area contributed by atoms with E-state index in [1.165, 1.54) is 4.90 Å². The minimum atomic E-state index is -0.304. The van der Waals surface area contributed by atoms with Gasteiger partial charge in [-0.1, -0.05) is 52.9 Å². The number of anilines is 1. The number of carbonyl (C=O) groups is 2. The lowest BCUT2D eigenvalue weighted by Gasteiger charge is -2.35. The van der Waals surface area contributed by atoms with Crippen LogP contribution in [0.3, 0.4) is 0 Å². The van der Waals surface area contributed by atoms with Crippen LogP contribution in [0.1, 0.15) is 24.4 Å². The maximum Gasteiger partial charge on any atom is 0.265 e. The lowest BCUT2D eigenvalue weighted by Crippen LogP contribution is -2.47. The molecular formula is C23H24BCl2N3O3. The highest BCUT2D eigenvalue weighted by atomic mass is 35.5. The Morgan fingerprint density at radius 1 is 1.16 bits per heavy atom. The van der Waals surface area contributed by atoms with Crippen LogP contribution in [-0.4, -0.2) is 69.3 Å². The van der Waals surface area contributed by atoms with Crippen molar-refractivity contribution >= 4 is 54.0 Å². The number of fused-ring (bicyclic) bond motifs is 1. The maximum absolute atomic E-state index is 13.4. The van der Waals surface area contributed by atoms with Gasteiger partial charge in [0.15, 0.2) is 6.61 Å². The predicted molar refractivity (Wildman–Crippen MR) is 127 cm³/mol. The number of ether oxygens (including phenoxy) is 1. The number of carbonyl (C=O) groups excluding carboxylic acids is 2. The molecule has 4 rings (SSSR count). The topological polar surface area (TPSA) is 53.1 Å². The second-order valence-electron chi connectivity index (χ2n) is 8.20. The van der Waals surface area contributed by atoms with E-state index < -0.39 is 0 Å². The summed E-state index contributed by atoms with van der Waals surface area (Å²) in [6.07, 6.45) is 2.32. The largest absolute Gasteiger partial charge is 0.482 e. The minimum Gasteiger partial charge on any atom is -0.482 e. The molecule has 9 heteroatoms. The summed E-state index contributed by atoms with van der Waals surface area (Å²) in [5.41, 5.74) is 2.13. The van der Waals surface area contributed by atoms with Crippen LogP contribution in [0.4, 0.5) is 5.69 Å². The number of hydrogen-bond donors (Lipinski definition) is 0. The van der Waals surface area contributed by atoms with Gasteiger partial charge in [0, 0.05) is 19.7 Å². The summed E-state index contributed by atoms with van der Waals surface area (Å²) in [4.78, 5) is 31.4. The molecule has 0 saturated carbocycles. The van der Waals surface area contributed by atoms with Gasteiger partial charge in [0.25, 0.3) is 5.91 Å². The molecule has 1 atom stereocenters. The predicted octanol–water partition coefficient (Wildman–Crippen LogP) is 2.81. The van der Waals surface area contributed by atoms with E-state index in [-0.39, 0.29) is 31.0 Å². The van der Waals surface area contributed by atoms with Gasteiger partial charge in [-0.05, 0) is 37.6 Å². The fourth-order valence-corrected chi connectivity index (χ4v) is 4.48.